The van der Waals surface area contributed by atoms with Crippen LogP contribution < -0.4 is 5.32 Å². The van der Waals surface area contributed by atoms with Gasteiger partial charge >= 0.3 is 0 Å². The van der Waals surface area contributed by atoms with Crippen LogP contribution in [0.1, 0.15) is 11.1 Å². The highest BCUT2D eigenvalue weighted by Gasteiger charge is 2.01. The quantitative estimate of drug-likeness (QED) is 0.778. The summed E-state index contributed by atoms with van der Waals surface area (Å²) >= 11 is 0. The Bertz CT molecular complexity index is 526. The average molecular weight is 247 g/mol. The van der Waals surface area contributed by atoms with E-state index in [0.717, 1.165) is 11.3 Å². The highest BCUT2D eigenvalue weighted by Crippen LogP contribution is 2.22. The molecular weight excluding hydrogens is 233 g/mol. The first kappa shape index (κ1) is 12.4. The van der Waals surface area contributed by atoms with E-state index < -0.39 is 0 Å². The number of anilines is 1. The minimum atomic E-state index is -0.260. The Morgan fingerprint density at radius 2 is 1.78 bits per heavy atom. The summed E-state index contributed by atoms with van der Waals surface area (Å²) in [5, 5.41) is 21.6. The van der Waals surface area contributed by atoms with Crippen LogP contribution in [0.25, 0.3) is 0 Å². The highest BCUT2D eigenvalue weighted by molar-refractivity contribution is 5.51. The van der Waals surface area contributed by atoms with E-state index in [2.05, 4.69) is 5.32 Å². The molecule has 0 unspecified atom stereocenters. The van der Waals surface area contributed by atoms with Gasteiger partial charge in [-0.2, -0.15) is 0 Å². The number of aliphatic hydroxyl groups is 1. The predicted molar refractivity (Wildman–Crippen MR) is 67.8 cm³/mol. The Labute approximate surface area is 105 Å². The monoisotopic (exact) mass is 247 g/mol. The van der Waals surface area contributed by atoms with Gasteiger partial charge in [0.05, 0.1) is 6.61 Å². The van der Waals surface area contributed by atoms with Crippen molar-refractivity contribution in [2.24, 2.45) is 0 Å². The molecule has 0 aliphatic heterocycles. The lowest BCUT2D eigenvalue weighted by atomic mass is 10.1. The Morgan fingerprint density at radius 3 is 2.39 bits per heavy atom. The van der Waals surface area contributed by atoms with Gasteiger partial charge < -0.3 is 15.5 Å². The van der Waals surface area contributed by atoms with E-state index in [9.17, 15) is 9.50 Å². The van der Waals surface area contributed by atoms with Crippen molar-refractivity contribution in [3.63, 3.8) is 0 Å². The molecule has 0 radical (unpaired) electrons. The zero-order valence-corrected chi connectivity index (χ0v) is 9.73. The second-order valence-corrected chi connectivity index (χ2v) is 3.98. The number of rotatable bonds is 4. The van der Waals surface area contributed by atoms with Crippen molar-refractivity contribution >= 4 is 5.69 Å². The highest BCUT2D eigenvalue weighted by atomic mass is 19.1. The fourth-order valence-corrected chi connectivity index (χ4v) is 1.61. The number of aromatic hydroxyl groups is 1. The summed E-state index contributed by atoms with van der Waals surface area (Å²) in [6.45, 7) is 0.349. The lowest BCUT2D eigenvalue weighted by Crippen LogP contribution is -1.99. The molecule has 0 saturated heterocycles. The van der Waals surface area contributed by atoms with Gasteiger partial charge in [0.15, 0.2) is 0 Å². The van der Waals surface area contributed by atoms with Crippen LogP contribution in [0.4, 0.5) is 10.1 Å². The number of halogens is 1. The SMILES string of the molecule is OCc1ccc(NCc2ccc(F)cc2)cc1O. The minimum Gasteiger partial charge on any atom is -0.508 e. The molecule has 0 amide bonds. The van der Waals surface area contributed by atoms with Gasteiger partial charge in [-0.15, -0.1) is 0 Å². The first-order valence-electron chi connectivity index (χ1n) is 5.60. The van der Waals surface area contributed by atoms with E-state index in [1.807, 2.05) is 0 Å². The topological polar surface area (TPSA) is 52.5 Å². The van der Waals surface area contributed by atoms with E-state index in [1.165, 1.54) is 12.1 Å². The molecule has 0 aliphatic carbocycles. The van der Waals surface area contributed by atoms with Gasteiger partial charge in [0, 0.05) is 23.9 Å². The van der Waals surface area contributed by atoms with E-state index in [-0.39, 0.29) is 18.2 Å². The molecule has 18 heavy (non-hydrogen) atoms. The Kier molecular flexibility index (Phi) is 3.79. The van der Waals surface area contributed by atoms with Gasteiger partial charge in [-0.1, -0.05) is 18.2 Å². The third-order valence-corrected chi connectivity index (χ3v) is 2.67. The van der Waals surface area contributed by atoms with Gasteiger partial charge in [-0.3, -0.25) is 0 Å². The lowest BCUT2D eigenvalue weighted by Gasteiger charge is -2.08. The maximum Gasteiger partial charge on any atom is 0.123 e. The van der Waals surface area contributed by atoms with E-state index in [4.69, 9.17) is 5.11 Å². The van der Waals surface area contributed by atoms with Crippen molar-refractivity contribution < 1.29 is 14.6 Å². The van der Waals surface area contributed by atoms with Gasteiger partial charge in [-0.25, -0.2) is 4.39 Å². The molecule has 2 rings (SSSR count). The molecule has 0 bridgehead atoms. The molecule has 0 heterocycles. The molecular formula is C14H14FNO2. The third-order valence-electron chi connectivity index (χ3n) is 2.67. The average Bonchev–Trinajstić information content (AvgIpc) is 2.38. The molecule has 0 fully saturated rings. The maximum absolute atomic E-state index is 12.7. The van der Waals surface area contributed by atoms with Crippen LogP contribution in [0.2, 0.25) is 0 Å². The molecule has 3 nitrogen and oxygen atoms in total. The summed E-state index contributed by atoms with van der Waals surface area (Å²) < 4.78 is 12.7. The normalized spacial score (nSPS) is 10.3. The molecule has 0 saturated carbocycles. The van der Waals surface area contributed by atoms with Crippen LogP contribution >= 0.6 is 0 Å². The second kappa shape index (κ2) is 5.51. The summed E-state index contributed by atoms with van der Waals surface area (Å²) in [4.78, 5) is 0. The first-order chi connectivity index (χ1) is 8.69. The van der Waals surface area contributed by atoms with E-state index >= 15 is 0 Å². The number of aliphatic hydroxyl groups excluding tert-OH is 1. The largest absolute Gasteiger partial charge is 0.508 e. The maximum atomic E-state index is 12.7. The van der Waals surface area contributed by atoms with E-state index in [0.29, 0.717) is 12.1 Å². The predicted octanol–water partition coefficient (Wildman–Crippen LogP) is 2.64. The number of hydrogen-bond acceptors (Lipinski definition) is 3. The van der Waals surface area contributed by atoms with Crippen LogP contribution in [0.5, 0.6) is 5.75 Å². The van der Waals surface area contributed by atoms with Gasteiger partial charge in [-0.05, 0) is 23.8 Å². The van der Waals surface area contributed by atoms with Crippen molar-refractivity contribution in [2.45, 2.75) is 13.2 Å². The molecule has 2 aromatic rings. The summed E-state index contributed by atoms with van der Waals surface area (Å²) in [6, 6.07) is 11.2. The molecule has 3 N–H and O–H groups in total. The van der Waals surface area contributed by atoms with Crippen molar-refractivity contribution in [1.29, 1.82) is 0 Å². The molecule has 94 valence electrons. The van der Waals surface area contributed by atoms with Crippen LogP contribution in [0.3, 0.4) is 0 Å². The van der Waals surface area contributed by atoms with Crippen molar-refractivity contribution in [3.05, 3.63) is 59.4 Å². The van der Waals surface area contributed by atoms with Crippen molar-refractivity contribution in [3.8, 4) is 5.75 Å². The Balaban J connectivity index is 2.02. The Hall–Kier alpha value is -2.07. The van der Waals surface area contributed by atoms with Gasteiger partial charge in [0.1, 0.15) is 11.6 Å². The number of hydrogen-bond donors (Lipinski definition) is 3. The third kappa shape index (κ3) is 2.99. The van der Waals surface area contributed by atoms with Gasteiger partial charge in [0.25, 0.3) is 0 Å². The first-order valence-corrected chi connectivity index (χ1v) is 5.60. The smallest absolute Gasteiger partial charge is 0.123 e. The summed E-state index contributed by atoms with van der Waals surface area (Å²) in [7, 11) is 0. The molecule has 0 aliphatic rings. The Morgan fingerprint density at radius 1 is 1.06 bits per heavy atom. The molecule has 4 heteroatoms. The second-order valence-electron chi connectivity index (χ2n) is 3.98. The van der Waals surface area contributed by atoms with Crippen LogP contribution in [-0.2, 0) is 13.2 Å². The molecule has 0 atom stereocenters. The van der Waals surface area contributed by atoms with Gasteiger partial charge in [0.2, 0.25) is 0 Å². The zero-order valence-electron chi connectivity index (χ0n) is 9.73. The number of nitrogens with one attached hydrogen (secondary N) is 1. The summed E-state index contributed by atoms with van der Waals surface area (Å²) in [5.74, 6) is -0.203. The summed E-state index contributed by atoms with van der Waals surface area (Å²) in [6.07, 6.45) is 0. The zero-order chi connectivity index (χ0) is 13.0. The van der Waals surface area contributed by atoms with Crippen LogP contribution in [0, 0.1) is 5.82 Å². The lowest BCUT2D eigenvalue weighted by molar-refractivity contribution is 0.275. The van der Waals surface area contributed by atoms with Crippen LogP contribution in [0.15, 0.2) is 42.5 Å². The van der Waals surface area contributed by atoms with E-state index in [1.54, 1.807) is 30.3 Å². The molecule has 0 aromatic heterocycles. The molecule has 2 aromatic carbocycles. The van der Waals surface area contributed by atoms with Crippen LogP contribution in [-0.4, -0.2) is 10.2 Å². The summed E-state index contributed by atoms with van der Waals surface area (Å²) in [5.41, 5.74) is 2.18. The van der Waals surface area contributed by atoms with Crippen molar-refractivity contribution in [1.82, 2.24) is 0 Å². The molecule has 0 spiro atoms. The fraction of sp³-hybridized carbons (Fsp3) is 0.143. The number of phenols is 1. The van der Waals surface area contributed by atoms with Crippen molar-refractivity contribution in [2.75, 3.05) is 5.32 Å². The number of benzene rings is 2. The standard InChI is InChI=1S/C14H14FNO2/c15-12-4-1-10(2-5-12)8-16-13-6-3-11(9-17)14(18)7-13/h1-7,16-18H,8-9H2. The fourth-order valence-electron chi connectivity index (χ4n) is 1.61. The minimum absolute atomic E-state index is 0.0570.